The molecule has 0 aromatic heterocycles. The minimum absolute atomic E-state index is 0.0215. The molecule has 1 saturated carbocycles. The molecule has 0 aliphatic heterocycles. The van der Waals surface area contributed by atoms with Crippen molar-refractivity contribution in [1.29, 1.82) is 0 Å². The maximum atomic E-state index is 12.5. The molecular weight excluding hydrogens is 295 g/mol. The van der Waals surface area contributed by atoms with Gasteiger partial charge in [-0.3, -0.25) is 4.79 Å². The average Bonchev–Trinajstić information content (AvgIpc) is 2.59. The number of hydrogen-bond donors (Lipinski definition) is 0. The van der Waals surface area contributed by atoms with E-state index in [0.29, 0.717) is 12.8 Å². The number of halogens is 2. The van der Waals surface area contributed by atoms with Crippen LogP contribution in [0.3, 0.4) is 0 Å². The van der Waals surface area contributed by atoms with Crippen LogP contribution in [0.1, 0.15) is 19.8 Å². The normalized spacial score (nSPS) is 24.5. The molecule has 0 N–H and O–H groups in total. The zero-order chi connectivity index (χ0) is 13.5. The Kier molecular flexibility index (Phi) is 3.72. The fourth-order valence-corrected chi connectivity index (χ4v) is 5.44. The summed E-state index contributed by atoms with van der Waals surface area (Å²) in [6.07, 6.45) is 0.636. The second-order valence-electron chi connectivity index (χ2n) is 4.43. The van der Waals surface area contributed by atoms with Crippen LogP contribution in [0.15, 0.2) is 23.1 Å². The number of rotatable bonds is 2. The predicted octanol–water partition coefficient (Wildman–Crippen LogP) is 3.13. The molecule has 1 aromatic carbocycles. The van der Waals surface area contributed by atoms with Gasteiger partial charge >= 0.3 is 0 Å². The largest absolute Gasteiger partial charge is 0.299 e. The number of hydrogen-bond acceptors (Lipinski definition) is 3. The highest BCUT2D eigenvalue weighted by atomic mass is 35.5. The maximum absolute atomic E-state index is 12.5. The van der Waals surface area contributed by atoms with Crippen LogP contribution in [0.25, 0.3) is 0 Å². The summed E-state index contributed by atoms with van der Waals surface area (Å²) in [6, 6.07) is 4.57. The van der Waals surface area contributed by atoms with E-state index in [4.69, 9.17) is 23.2 Å². The summed E-state index contributed by atoms with van der Waals surface area (Å²) >= 11 is 11.9. The Balaban J connectivity index is 2.53. The van der Waals surface area contributed by atoms with Gasteiger partial charge in [0, 0.05) is 12.3 Å². The van der Waals surface area contributed by atoms with Crippen LogP contribution in [-0.2, 0) is 14.6 Å². The van der Waals surface area contributed by atoms with E-state index in [9.17, 15) is 13.2 Å². The molecule has 1 aromatic rings. The van der Waals surface area contributed by atoms with E-state index in [2.05, 4.69) is 0 Å². The van der Waals surface area contributed by atoms with Crippen LogP contribution in [-0.4, -0.2) is 19.5 Å². The summed E-state index contributed by atoms with van der Waals surface area (Å²) in [5, 5.41) is -0.509. The summed E-state index contributed by atoms with van der Waals surface area (Å²) in [4.78, 5) is 11.4. The Morgan fingerprint density at radius 2 is 1.78 bits per heavy atom. The quantitative estimate of drug-likeness (QED) is 0.843. The zero-order valence-electron chi connectivity index (χ0n) is 9.69. The molecule has 1 fully saturated rings. The molecule has 2 atom stereocenters. The van der Waals surface area contributed by atoms with Gasteiger partial charge in [0.2, 0.25) is 0 Å². The lowest BCUT2D eigenvalue weighted by Gasteiger charge is -2.17. The number of ketones is 1. The van der Waals surface area contributed by atoms with E-state index < -0.39 is 21.0 Å². The first-order chi connectivity index (χ1) is 8.35. The van der Waals surface area contributed by atoms with Gasteiger partial charge in [-0.15, -0.1) is 0 Å². The molecule has 2 unspecified atom stereocenters. The fourth-order valence-electron chi connectivity index (χ4n) is 2.30. The molecule has 0 bridgehead atoms. The van der Waals surface area contributed by atoms with Gasteiger partial charge in [0.25, 0.3) is 0 Å². The third-order valence-electron chi connectivity index (χ3n) is 3.34. The molecule has 98 valence electrons. The lowest BCUT2D eigenvalue weighted by Crippen LogP contribution is -2.26. The van der Waals surface area contributed by atoms with Crippen molar-refractivity contribution in [3.8, 4) is 0 Å². The molecule has 2 rings (SSSR count). The summed E-state index contributed by atoms with van der Waals surface area (Å²) in [7, 11) is -3.67. The van der Waals surface area contributed by atoms with Crippen LogP contribution >= 0.6 is 23.2 Å². The molecule has 0 spiro atoms. The molecular formula is C12H12Cl2O3S. The highest BCUT2D eigenvalue weighted by Gasteiger charge is 2.42. The molecule has 0 heterocycles. The van der Waals surface area contributed by atoms with Crippen molar-refractivity contribution in [3.63, 3.8) is 0 Å². The van der Waals surface area contributed by atoms with Crippen LogP contribution < -0.4 is 0 Å². The lowest BCUT2D eigenvalue weighted by atomic mass is 10.1. The summed E-state index contributed by atoms with van der Waals surface area (Å²) < 4.78 is 25.0. The van der Waals surface area contributed by atoms with Gasteiger partial charge in [-0.05, 0) is 18.6 Å². The second-order valence-corrected chi connectivity index (χ2v) is 7.35. The summed E-state index contributed by atoms with van der Waals surface area (Å²) in [5.74, 6) is -0.519. The Morgan fingerprint density at radius 3 is 2.22 bits per heavy atom. The number of carbonyl (C=O) groups is 1. The van der Waals surface area contributed by atoms with E-state index in [-0.39, 0.29) is 20.7 Å². The number of Topliss-reactive ketones (excluding diaryl/α,β-unsaturated/α-hetero) is 1. The van der Waals surface area contributed by atoms with Crippen molar-refractivity contribution < 1.29 is 13.2 Å². The van der Waals surface area contributed by atoms with Crippen LogP contribution in [0.4, 0.5) is 0 Å². The van der Waals surface area contributed by atoms with E-state index in [0.717, 1.165) is 0 Å². The van der Waals surface area contributed by atoms with Crippen LogP contribution in [0.5, 0.6) is 0 Å². The van der Waals surface area contributed by atoms with Gasteiger partial charge in [0.1, 0.15) is 10.7 Å². The lowest BCUT2D eigenvalue weighted by molar-refractivity contribution is -0.120. The topological polar surface area (TPSA) is 51.2 Å². The fraction of sp³-hybridized carbons (Fsp3) is 0.417. The van der Waals surface area contributed by atoms with Crippen LogP contribution in [0, 0.1) is 5.92 Å². The maximum Gasteiger partial charge on any atom is 0.184 e. The molecule has 3 nitrogen and oxygen atoms in total. The molecule has 0 saturated heterocycles. The van der Waals surface area contributed by atoms with Crippen molar-refractivity contribution in [1.82, 2.24) is 0 Å². The van der Waals surface area contributed by atoms with Gasteiger partial charge in [0.05, 0.1) is 15.3 Å². The molecule has 6 heteroatoms. The standard InChI is InChI=1S/C12H12Cl2O3S/c1-7-10(15)5-6-11(7)18(16,17)12-8(13)3-2-4-9(12)14/h2-4,7,11H,5-6H2,1H3. The highest BCUT2D eigenvalue weighted by molar-refractivity contribution is 7.92. The van der Waals surface area contributed by atoms with Gasteiger partial charge in [-0.1, -0.05) is 36.2 Å². The molecule has 0 radical (unpaired) electrons. The van der Waals surface area contributed by atoms with E-state index in [1.807, 2.05) is 0 Å². The minimum Gasteiger partial charge on any atom is -0.299 e. The summed E-state index contributed by atoms with van der Waals surface area (Å²) in [5.41, 5.74) is 0. The minimum atomic E-state index is -3.67. The highest BCUT2D eigenvalue weighted by Crippen LogP contribution is 2.38. The molecule has 1 aliphatic rings. The zero-order valence-corrected chi connectivity index (χ0v) is 12.0. The third kappa shape index (κ3) is 2.17. The first-order valence-electron chi connectivity index (χ1n) is 5.56. The first-order valence-corrected chi connectivity index (χ1v) is 7.86. The predicted molar refractivity (Wildman–Crippen MR) is 70.8 cm³/mol. The molecule has 1 aliphatic carbocycles. The molecule has 0 amide bonds. The first kappa shape index (κ1) is 13.8. The van der Waals surface area contributed by atoms with Crippen LogP contribution in [0.2, 0.25) is 10.0 Å². The smallest absolute Gasteiger partial charge is 0.184 e. The average molecular weight is 307 g/mol. The van der Waals surface area contributed by atoms with Crippen molar-refractivity contribution in [2.45, 2.75) is 29.9 Å². The van der Waals surface area contributed by atoms with Crippen molar-refractivity contribution >= 4 is 38.8 Å². The monoisotopic (exact) mass is 306 g/mol. The van der Waals surface area contributed by atoms with E-state index in [1.165, 1.54) is 12.1 Å². The van der Waals surface area contributed by atoms with Gasteiger partial charge < -0.3 is 0 Å². The molecule has 18 heavy (non-hydrogen) atoms. The Morgan fingerprint density at radius 1 is 1.22 bits per heavy atom. The van der Waals surface area contributed by atoms with Crippen molar-refractivity contribution in [2.24, 2.45) is 5.92 Å². The number of carbonyl (C=O) groups excluding carboxylic acids is 1. The Hall–Kier alpha value is -0.580. The SMILES string of the molecule is CC1C(=O)CCC1S(=O)(=O)c1c(Cl)cccc1Cl. The summed E-state index contributed by atoms with van der Waals surface area (Å²) in [6.45, 7) is 1.64. The number of sulfone groups is 1. The third-order valence-corrected chi connectivity index (χ3v) is 6.65. The van der Waals surface area contributed by atoms with E-state index in [1.54, 1.807) is 13.0 Å². The number of benzene rings is 1. The Labute approximate surface area is 116 Å². The van der Waals surface area contributed by atoms with E-state index >= 15 is 0 Å². The van der Waals surface area contributed by atoms with Crippen molar-refractivity contribution in [2.75, 3.05) is 0 Å². The Bertz CT molecular complexity index is 575. The second kappa shape index (κ2) is 4.83. The van der Waals surface area contributed by atoms with Gasteiger partial charge in [-0.2, -0.15) is 0 Å². The van der Waals surface area contributed by atoms with Gasteiger partial charge in [0.15, 0.2) is 9.84 Å². The van der Waals surface area contributed by atoms with Gasteiger partial charge in [-0.25, -0.2) is 8.42 Å². The van der Waals surface area contributed by atoms with Crippen molar-refractivity contribution in [3.05, 3.63) is 28.2 Å².